The van der Waals surface area contributed by atoms with Gasteiger partial charge in [-0.25, -0.2) is 9.97 Å². The third kappa shape index (κ3) is 4.53. The number of hydrogen-bond donors (Lipinski definition) is 2. The summed E-state index contributed by atoms with van der Waals surface area (Å²) in [5.74, 6) is 0.338. The molecule has 0 fully saturated rings. The summed E-state index contributed by atoms with van der Waals surface area (Å²) in [5.41, 5.74) is 1.96. The van der Waals surface area contributed by atoms with Gasteiger partial charge >= 0.3 is 0 Å². The summed E-state index contributed by atoms with van der Waals surface area (Å²) in [6.07, 6.45) is 5.44. The monoisotopic (exact) mass is 339 g/mol. The topological polar surface area (TPSA) is 87.2 Å². The highest BCUT2D eigenvalue weighted by molar-refractivity contribution is 5.99. The van der Waals surface area contributed by atoms with Crippen LogP contribution < -0.4 is 15.5 Å². The molecule has 2 heterocycles. The van der Waals surface area contributed by atoms with Crippen molar-refractivity contribution < 1.29 is 9.59 Å². The largest absolute Gasteiger partial charge is 0.353 e. The Labute approximate surface area is 146 Å². The average molecular weight is 339 g/mol. The van der Waals surface area contributed by atoms with Crippen LogP contribution in [0.25, 0.3) is 0 Å². The molecule has 3 rings (SSSR count). The van der Waals surface area contributed by atoms with E-state index in [1.807, 2.05) is 24.3 Å². The molecule has 0 radical (unpaired) electrons. The van der Waals surface area contributed by atoms with Gasteiger partial charge in [0.25, 0.3) is 0 Å². The zero-order valence-electron chi connectivity index (χ0n) is 13.9. The van der Waals surface area contributed by atoms with Crippen LogP contribution in [0.1, 0.15) is 18.4 Å². The Bertz CT molecular complexity index is 735. The highest BCUT2D eigenvalue weighted by Crippen LogP contribution is 2.26. The lowest BCUT2D eigenvalue weighted by Gasteiger charge is -2.22. The molecule has 0 unspecified atom stereocenters. The minimum atomic E-state index is -0.180. The van der Waals surface area contributed by atoms with Crippen molar-refractivity contribution in [1.82, 2.24) is 15.3 Å². The molecule has 2 aromatic rings. The van der Waals surface area contributed by atoms with E-state index in [1.54, 1.807) is 23.4 Å². The highest BCUT2D eigenvalue weighted by atomic mass is 16.2. The molecule has 2 amide bonds. The highest BCUT2D eigenvalue weighted by Gasteiger charge is 2.23. The Kier molecular flexibility index (Phi) is 5.56. The standard InChI is InChI=1S/C18H21N5O2/c24-16(19-11-12-22-18-20-9-4-10-21-18)13-23-15-7-2-1-5-14(15)6-3-8-17(23)25/h1-2,4-5,7,9-10H,3,6,8,11-13H2,(H,19,24)(H,20,21,22). The van der Waals surface area contributed by atoms with Gasteiger partial charge in [0.05, 0.1) is 0 Å². The van der Waals surface area contributed by atoms with Crippen molar-refractivity contribution in [3.63, 3.8) is 0 Å². The Hall–Kier alpha value is -2.96. The second-order valence-electron chi connectivity index (χ2n) is 5.81. The average Bonchev–Trinajstić information content (AvgIpc) is 2.79. The van der Waals surface area contributed by atoms with E-state index < -0.39 is 0 Å². The van der Waals surface area contributed by atoms with E-state index in [2.05, 4.69) is 20.6 Å². The van der Waals surface area contributed by atoms with Crippen LogP contribution in [0.2, 0.25) is 0 Å². The number of hydrogen-bond acceptors (Lipinski definition) is 5. The summed E-state index contributed by atoms with van der Waals surface area (Å²) in [5, 5.41) is 5.84. The number of anilines is 2. The molecule has 25 heavy (non-hydrogen) atoms. The lowest BCUT2D eigenvalue weighted by atomic mass is 10.1. The molecule has 7 heteroatoms. The molecule has 130 valence electrons. The molecule has 1 aliphatic heterocycles. The van der Waals surface area contributed by atoms with Gasteiger partial charge in [0.1, 0.15) is 6.54 Å². The molecule has 1 aromatic heterocycles. The molecule has 0 spiro atoms. The zero-order chi connectivity index (χ0) is 17.5. The van der Waals surface area contributed by atoms with Crippen LogP contribution >= 0.6 is 0 Å². The van der Waals surface area contributed by atoms with Gasteiger partial charge < -0.3 is 15.5 Å². The number of rotatable bonds is 6. The number of carbonyl (C=O) groups excluding carboxylic acids is 2. The van der Waals surface area contributed by atoms with Crippen molar-refractivity contribution in [3.05, 3.63) is 48.3 Å². The number of fused-ring (bicyclic) bond motifs is 1. The summed E-state index contributed by atoms with van der Waals surface area (Å²) < 4.78 is 0. The van der Waals surface area contributed by atoms with Gasteiger partial charge in [0, 0.05) is 37.6 Å². The van der Waals surface area contributed by atoms with Crippen molar-refractivity contribution >= 4 is 23.5 Å². The van der Waals surface area contributed by atoms with Crippen LogP contribution in [0.15, 0.2) is 42.7 Å². The fourth-order valence-corrected chi connectivity index (χ4v) is 2.82. The van der Waals surface area contributed by atoms with E-state index in [4.69, 9.17) is 0 Å². The lowest BCUT2D eigenvalue weighted by molar-refractivity contribution is -0.123. The second kappa shape index (κ2) is 8.23. The van der Waals surface area contributed by atoms with Gasteiger partial charge in [0.2, 0.25) is 17.8 Å². The van der Waals surface area contributed by atoms with Gasteiger partial charge in [-0.3, -0.25) is 9.59 Å². The summed E-state index contributed by atoms with van der Waals surface area (Å²) in [4.78, 5) is 34.3. The number of aromatic nitrogens is 2. The summed E-state index contributed by atoms with van der Waals surface area (Å²) in [7, 11) is 0. The second-order valence-corrected chi connectivity index (χ2v) is 5.81. The van der Waals surface area contributed by atoms with Gasteiger partial charge in [-0.05, 0) is 30.5 Å². The first-order chi connectivity index (χ1) is 12.2. The number of nitrogens with zero attached hydrogens (tertiary/aromatic N) is 3. The van der Waals surface area contributed by atoms with Crippen LogP contribution in [0.3, 0.4) is 0 Å². The van der Waals surface area contributed by atoms with Crippen molar-refractivity contribution in [2.75, 3.05) is 29.9 Å². The SMILES string of the molecule is O=C(CN1C(=O)CCCc2ccccc21)NCCNc1ncccn1. The maximum Gasteiger partial charge on any atom is 0.240 e. The van der Waals surface area contributed by atoms with Crippen LogP contribution in [-0.2, 0) is 16.0 Å². The first-order valence-electron chi connectivity index (χ1n) is 8.40. The number of para-hydroxylation sites is 1. The van der Waals surface area contributed by atoms with Crippen molar-refractivity contribution in [2.24, 2.45) is 0 Å². The molecule has 1 aromatic carbocycles. The first kappa shape index (κ1) is 16.9. The van der Waals surface area contributed by atoms with Crippen molar-refractivity contribution in [1.29, 1.82) is 0 Å². The number of benzene rings is 1. The van der Waals surface area contributed by atoms with E-state index in [0.717, 1.165) is 24.1 Å². The number of nitrogens with one attached hydrogen (secondary N) is 2. The molecular weight excluding hydrogens is 318 g/mol. The summed E-state index contributed by atoms with van der Waals surface area (Å²) in [6.45, 7) is 0.985. The fraction of sp³-hybridized carbons (Fsp3) is 0.333. The van der Waals surface area contributed by atoms with Gasteiger partial charge in [-0.15, -0.1) is 0 Å². The smallest absolute Gasteiger partial charge is 0.240 e. The quantitative estimate of drug-likeness (QED) is 0.776. The maximum absolute atomic E-state index is 12.3. The Balaban J connectivity index is 1.52. The van der Waals surface area contributed by atoms with Crippen molar-refractivity contribution in [3.8, 4) is 0 Å². The molecule has 0 saturated heterocycles. The van der Waals surface area contributed by atoms with E-state index in [1.165, 1.54) is 0 Å². The van der Waals surface area contributed by atoms with Crippen LogP contribution in [0.5, 0.6) is 0 Å². The van der Waals surface area contributed by atoms with E-state index in [9.17, 15) is 9.59 Å². The third-order valence-electron chi connectivity index (χ3n) is 4.02. The van der Waals surface area contributed by atoms with Crippen molar-refractivity contribution in [2.45, 2.75) is 19.3 Å². The fourth-order valence-electron chi connectivity index (χ4n) is 2.82. The van der Waals surface area contributed by atoms with Crippen LogP contribution in [0.4, 0.5) is 11.6 Å². The molecule has 2 N–H and O–H groups in total. The maximum atomic E-state index is 12.3. The predicted molar refractivity (Wildman–Crippen MR) is 95.3 cm³/mol. The third-order valence-corrected chi connectivity index (χ3v) is 4.02. The minimum absolute atomic E-state index is 0.00379. The number of amides is 2. The normalized spacial score (nSPS) is 13.8. The molecular formula is C18H21N5O2. The van der Waals surface area contributed by atoms with Crippen LogP contribution in [0, 0.1) is 0 Å². The van der Waals surface area contributed by atoms with E-state index in [-0.39, 0.29) is 18.4 Å². The lowest BCUT2D eigenvalue weighted by Crippen LogP contribution is -2.41. The van der Waals surface area contributed by atoms with Crippen LogP contribution in [-0.4, -0.2) is 41.4 Å². The molecule has 0 saturated carbocycles. The predicted octanol–water partition coefficient (Wildman–Crippen LogP) is 1.37. The summed E-state index contributed by atoms with van der Waals surface area (Å²) >= 11 is 0. The molecule has 0 aliphatic carbocycles. The van der Waals surface area contributed by atoms with Gasteiger partial charge in [-0.2, -0.15) is 0 Å². The Morgan fingerprint density at radius 2 is 1.88 bits per heavy atom. The van der Waals surface area contributed by atoms with Gasteiger partial charge in [-0.1, -0.05) is 18.2 Å². The first-order valence-corrected chi connectivity index (χ1v) is 8.40. The molecule has 7 nitrogen and oxygen atoms in total. The Morgan fingerprint density at radius 1 is 1.08 bits per heavy atom. The minimum Gasteiger partial charge on any atom is -0.353 e. The van der Waals surface area contributed by atoms with Gasteiger partial charge in [0.15, 0.2) is 0 Å². The molecule has 0 atom stereocenters. The Morgan fingerprint density at radius 3 is 2.72 bits per heavy atom. The van der Waals surface area contributed by atoms with E-state index in [0.29, 0.717) is 25.5 Å². The molecule has 1 aliphatic rings. The number of aryl methyl sites for hydroxylation is 1. The summed E-state index contributed by atoms with van der Waals surface area (Å²) in [6, 6.07) is 9.52. The van der Waals surface area contributed by atoms with E-state index >= 15 is 0 Å². The zero-order valence-corrected chi connectivity index (χ0v) is 13.9. The number of carbonyl (C=O) groups is 2. The molecule has 0 bridgehead atoms.